The fraction of sp³-hybridized carbons (Fsp3) is 0.682. The highest BCUT2D eigenvalue weighted by Gasteiger charge is 2.31. The second-order valence-corrected chi connectivity index (χ2v) is 8.28. The number of piperidine rings is 1. The second kappa shape index (κ2) is 9.18. The topological polar surface area (TPSA) is 44.8 Å². The quantitative estimate of drug-likeness (QED) is 0.864. The van der Waals surface area contributed by atoms with Gasteiger partial charge < -0.3 is 10.1 Å². The first-order valence-corrected chi connectivity index (χ1v) is 10.7. The van der Waals surface area contributed by atoms with Crippen molar-refractivity contribution in [2.24, 2.45) is 5.92 Å². The minimum Gasteiger partial charge on any atom is -0.379 e. The van der Waals surface area contributed by atoms with Crippen molar-refractivity contribution in [2.75, 3.05) is 51.3 Å². The zero-order valence-electron chi connectivity index (χ0n) is 16.4. The van der Waals surface area contributed by atoms with Crippen LogP contribution in [-0.2, 0) is 16.0 Å². The van der Waals surface area contributed by atoms with Gasteiger partial charge in [0.05, 0.1) is 19.3 Å². The number of carbonyl (C=O) groups is 1. The van der Waals surface area contributed by atoms with E-state index in [4.69, 9.17) is 4.74 Å². The summed E-state index contributed by atoms with van der Waals surface area (Å²) in [6, 6.07) is 8.26. The molecular formula is C22H33N3O2. The third-order valence-electron chi connectivity index (χ3n) is 6.55. The Kier molecular flexibility index (Phi) is 6.43. The van der Waals surface area contributed by atoms with E-state index < -0.39 is 0 Å². The Hall–Kier alpha value is -1.43. The minimum absolute atomic E-state index is 0.0340. The molecule has 3 aliphatic rings. The van der Waals surface area contributed by atoms with Gasteiger partial charge >= 0.3 is 0 Å². The summed E-state index contributed by atoms with van der Waals surface area (Å²) >= 11 is 0. The number of anilines is 1. The predicted molar refractivity (Wildman–Crippen MR) is 108 cm³/mol. The van der Waals surface area contributed by atoms with Gasteiger partial charge in [0.2, 0.25) is 5.91 Å². The fourth-order valence-electron chi connectivity index (χ4n) is 4.83. The van der Waals surface area contributed by atoms with E-state index >= 15 is 0 Å². The first kappa shape index (κ1) is 18.9. The van der Waals surface area contributed by atoms with Gasteiger partial charge in [-0.25, -0.2) is 0 Å². The van der Waals surface area contributed by atoms with Crippen LogP contribution in [-0.4, -0.2) is 67.7 Å². The number of para-hydroxylation sites is 1. The first-order valence-electron chi connectivity index (χ1n) is 10.7. The van der Waals surface area contributed by atoms with Crippen molar-refractivity contribution in [3.05, 3.63) is 29.8 Å². The van der Waals surface area contributed by atoms with Crippen LogP contribution in [0.4, 0.5) is 5.69 Å². The van der Waals surface area contributed by atoms with Gasteiger partial charge in [-0.05, 0) is 75.7 Å². The molecule has 4 rings (SSSR count). The predicted octanol–water partition coefficient (Wildman–Crippen LogP) is 2.76. The number of ether oxygens (including phenoxy) is 1. The van der Waals surface area contributed by atoms with Crippen LogP contribution in [0.25, 0.3) is 0 Å². The molecule has 0 aliphatic carbocycles. The van der Waals surface area contributed by atoms with Crippen molar-refractivity contribution in [1.82, 2.24) is 9.80 Å². The van der Waals surface area contributed by atoms with Crippen LogP contribution in [0.1, 0.15) is 37.7 Å². The van der Waals surface area contributed by atoms with Gasteiger partial charge in [0.15, 0.2) is 0 Å². The molecule has 2 saturated heterocycles. The Bertz CT molecular complexity index is 622. The van der Waals surface area contributed by atoms with Gasteiger partial charge in [-0.15, -0.1) is 0 Å². The van der Waals surface area contributed by atoms with E-state index in [9.17, 15) is 4.79 Å². The smallest absolute Gasteiger partial charge is 0.241 e. The van der Waals surface area contributed by atoms with E-state index in [0.717, 1.165) is 63.8 Å². The van der Waals surface area contributed by atoms with Crippen molar-refractivity contribution in [2.45, 2.75) is 44.6 Å². The number of amides is 1. The van der Waals surface area contributed by atoms with Gasteiger partial charge in [-0.3, -0.25) is 14.6 Å². The summed E-state index contributed by atoms with van der Waals surface area (Å²) in [7, 11) is 0. The number of aryl methyl sites for hydroxylation is 1. The summed E-state index contributed by atoms with van der Waals surface area (Å²) < 4.78 is 5.42. The monoisotopic (exact) mass is 371 g/mol. The molecule has 3 heterocycles. The summed E-state index contributed by atoms with van der Waals surface area (Å²) in [5.74, 6) is 1.01. The molecule has 27 heavy (non-hydrogen) atoms. The number of hydrogen-bond donors (Lipinski definition) is 1. The summed E-state index contributed by atoms with van der Waals surface area (Å²) in [5.41, 5.74) is 2.27. The van der Waals surface area contributed by atoms with Crippen LogP contribution in [0, 0.1) is 5.92 Å². The maximum Gasteiger partial charge on any atom is 0.241 e. The molecule has 0 spiro atoms. The summed E-state index contributed by atoms with van der Waals surface area (Å²) in [6.07, 6.45) is 7.01. The molecule has 2 fully saturated rings. The molecule has 0 aromatic heterocycles. The number of nitrogens with zero attached hydrogens (tertiary/aromatic N) is 2. The van der Waals surface area contributed by atoms with E-state index in [-0.39, 0.29) is 11.9 Å². The maximum absolute atomic E-state index is 12.7. The molecule has 1 aromatic rings. The van der Waals surface area contributed by atoms with Gasteiger partial charge in [0.1, 0.15) is 0 Å². The summed E-state index contributed by atoms with van der Waals surface area (Å²) in [4.78, 5) is 17.7. The zero-order valence-corrected chi connectivity index (χ0v) is 16.4. The molecule has 0 unspecified atom stereocenters. The number of hydrogen-bond acceptors (Lipinski definition) is 4. The SMILES string of the molecule is O=C1Nc2ccccc2CC[C@@H]1N1CCC(CCCN2CCOCC2)CC1. The molecule has 3 aliphatic heterocycles. The Labute approximate surface area is 163 Å². The molecule has 1 amide bonds. The van der Waals surface area contributed by atoms with Crippen molar-refractivity contribution in [1.29, 1.82) is 0 Å². The van der Waals surface area contributed by atoms with Crippen molar-refractivity contribution in [3.63, 3.8) is 0 Å². The lowest BCUT2D eigenvalue weighted by Gasteiger charge is -2.36. The van der Waals surface area contributed by atoms with Crippen molar-refractivity contribution < 1.29 is 9.53 Å². The normalized spacial score (nSPS) is 25.6. The molecular weight excluding hydrogens is 338 g/mol. The van der Waals surface area contributed by atoms with Crippen molar-refractivity contribution >= 4 is 11.6 Å². The Balaban J connectivity index is 1.21. The average molecular weight is 372 g/mol. The highest BCUT2D eigenvalue weighted by molar-refractivity contribution is 5.96. The van der Waals surface area contributed by atoms with Crippen LogP contribution < -0.4 is 5.32 Å². The first-order chi connectivity index (χ1) is 13.3. The Morgan fingerprint density at radius 1 is 1.04 bits per heavy atom. The Morgan fingerprint density at radius 2 is 1.81 bits per heavy atom. The van der Waals surface area contributed by atoms with Crippen LogP contribution in [0.3, 0.4) is 0 Å². The van der Waals surface area contributed by atoms with E-state index in [1.54, 1.807) is 0 Å². The molecule has 148 valence electrons. The van der Waals surface area contributed by atoms with E-state index in [0.29, 0.717) is 0 Å². The summed E-state index contributed by atoms with van der Waals surface area (Å²) in [5, 5.41) is 3.16. The van der Waals surface area contributed by atoms with Gasteiger partial charge in [0.25, 0.3) is 0 Å². The lowest BCUT2D eigenvalue weighted by atomic mass is 9.90. The van der Waals surface area contributed by atoms with Crippen LogP contribution in [0.15, 0.2) is 24.3 Å². The highest BCUT2D eigenvalue weighted by atomic mass is 16.5. The average Bonchev–Trinajstić information content (AvgIpc) is 2.88. The molecule has 5 nitrogen and oxygen atoms in total. The number of nitrogens with one attached hydrogen (secondary N) is 1. The minimum atomic E-state index is 0.0340. The molecule has 5 heteroatoms. The molecule has 0 radical (unpaired) electrons. The Morgan fingerprint density at radius 3 is 2.63 bits per heavy atom. The number of fused-ring (bicyclic) bond motifs is 1. The van der Waals surface area contributed by atoms with Crippen LogP contribution in [0.5, 0.6) is 0 Å². The molecule has 0 saturated carbocycles. The zero-order chi connectivity index (χ0) is 18.5. The second-order valence-electron chi connectivity index (χ2n) is 8.28. The molecule has 0 bridgehead atoms. The lowest BCUT2D eigenvalue weighted by Crippen LogP contribution is -2.47. The van der Waals surface area contributed by atoms with E-state index in [1.807, 2.05) is 12.1 Å². The summed E-state index contributed by atoms with van der Waals surface area (Å²) in [6.45, 7) is 7.33. The van der Waals surface area contributed by atoms with Crippen LogP contribution in [0.2, 0.25) is 0 Å². The molecule has 1 aromatic carbocycles. The van der Waals surface area contributed by atoms with Crippen LogP contribution >= 0.6 is 0 Å². The van der Waals surface area contributed by atoms with E-state index in [1.165, 1.54) is 37.8 Å². The van der Waals surface area contributed by atoms with Gasteiger partial charge in [-0.2, -0.15) is 0 Å². The number of morpholine rings is 1. The third-order valence-corrected chi connectivity index (χ3v) is 6.55. The largest absolute Gasteiger partial charge is 0.379 e. The number of rotatable bonds is 5. The van der Waals surface area contributed by atoms with Gasteiger partial charge in [0, 0.05) is 18.8 Å². The number of carbonyl (C=O) groups excluding carboxylic acids is 1. The maximum atomic E-state index is 12.7. The molecule has 1 N–H and O–H groups in total. The van der Waals surface area contributed by atoms with Crippen molar-refractivity contribution in [3.8, 4) is 0 Å². The number of likely N-dealkylation sites (tertiary alicyclic amines) is 1. The van der Waals surface area contributed by atoms with Gasteiger partial charge in [-0.1, -0.05) is 18.2 Å². The lowest BCUT2D eigenvalue weighted by molar-refractivity contribution is -0.122. The standard InChI is InChI=1S/C22H33N3O2/c26-22-21(8-7-19-5-1-2-6-20(19)23-22)25-12-9-18(10-13-25)4-3-11-24-14-16-27-17-15-24/h1-2,5-6,18,21H,3-4,7-17H2,(H,23,26)/t21-/m0/s1. The highest BCUT2D eigenvalue weighted by Crippen LogP contribution is 2.28. The number of benzene rings is 1. The molecule has 1 atom stereocenters. The third kappa shape index (κ3) is 4.89. The van der Waals surface area contributed by atoms with E-state index in [2.05, 4.69) is 27.2 Å². The fourth-order valence-corrected chi connectivity index (χ4v) is 4.83.